The van der Waals surface area contributed by atoms with Gasteiger partial charge in [-0.1, -0.05) is 6.92 Å². The minimum absolute atomic E-state index is 0.110. The molecule has 0 spiro atoms. The van der Waals surface area contributed by atoms with E-state index in [1.807, 2.05) is 6.92 Å². The smallest absolute Gasteiger partial charge is 0.314 e. The SMILES string of the molecule is CC(CN)CCC(=O)Nc1ccc2[nH]c(=O)c(=O)[nH]c2c1. The van der Waals surface area contributed by atoms with Crippen LogP contribution in [0.25, 0.3) is 11.0 Å². The van der Waals surface area contributed by atoms with Gasteiger partial charge in [-0.15, -0.1) is 0 Å². The molecule has 0 aliphatic rings. The molecule has 1 unspecified atom stereocenters. The van der Waals surface area contributed by atoms with Gasteiger partial charge in [0.1, 0.15) is 0 Å². The van der Waals surface area contributed by atoms with Crippen molar-refractivity contribution in [2.24, 2.45) is 11.7 Å². The Kier molecular flexibility index (Phi) is 4.54. The lowest BCUT2D eigenvalue weighted by atomic mass is 10.1. The molecule has 7 heteroatoms. The molecule has 0 aliphatic carbocycles. The molecule has 1 aromatic heterocycles. The number of benzene rings is 1. The standard InChI is InChI=1S/C14H18N4O3/c1-8(7-15)2-5-12(19)16-9-3-4-10-11(6-9)18-14(21)13(20)17-10/h3-4,6,8H,2,5,7,15H2,1H3,(H,16,19)(H,17,20)(H,18,21). The van der Waals surface area contributed by atoms with Crippen LogP contribution in [-0.4, -0.2) is 22.4 Å². The van der Waals surface area contributed by atoms with E-state index in [1.54, 1.807) is 18.2 Å². The number of rotatable bonds is 5. The van der Waals surface area contributed by atoms with E-state index in [0.717, 1.165) is 6.42 Å². The van der Waals surface area contributed by atoms with Crippen LogP contribution in [-0.2, 0) is 4.79 Å². The Labute approximate surface area is 120 Å². The van der Waals surface area contributed by atoms with Gasteiger partial charge in [-0.05, 0) is 37.1 Å². The predicted octanol–water partition coefficient (Wildman–Crippen LogP) is 0.530. The molecule has 0 aliphatic heterocycles. The summed E-state index contributed by atoms with van der Waals surface area (Å²) in [6, 6.07) is 4.91. The van der Waals surface area contributed by atoms with Gasteiger partial charge in [-0.2, -0.15) is 0 Å². The first kappa shape index (κ1) is 15.0. The van der Waals surface area contributed by atoms with Gasteiger partial charge >= 0.3 is 11.1 Å². The highest BCUT2D eigenvalue weighted by Crippen LogP contribution is 2.14. The molecule has 2 aromatic rings. The van der Waals surface area contributed by atoms with E-state index in [1.165, 1.54) is 0 Å². The van der Waals surface area contributed by atoms with Crippen LogP contribution in [0.5, 0.6) is 0 Å². The van der Waals surface area contributed by atoms with Crippen molar-refractivity contribution in [2.75, 3.05) is 11.9 Å². The summed E-state index contributed by atoms with van der Waals surface area (Å²) in [6.45, 7) is 2.54. The number of amides is 1. The highest BCUT2D eigenvalue weighted by molar-refractivity contribution is 5.92. The fraction of sp³-hybridized carbons (Fsp3) is 0.357. The molecule has 0 saturated carbocycles. The van der Waals surface area contributed by atoms with Crippen LogP contribution in [0, 0.1) is 5.92 Å². The number of carbonyl (C=O) groups excluding carboxylic acids is 1. The summed E-state index contributed by atoms with van der Waals surface area (Å²) < 4.78 is 0. The van der Waals surface area contributed by atoms with Crippen LogP contribution in [0.3, 0.4) is 0 Å². The minimum atomic E-state index is -0.720. The van der Waals surface area contributed by atoms with E-state index in [0.29, 0.717) is 35.6 Å². The summed E-state index contributed by atoms with van der Waals surface area (Å²) in [5, 5.41) is 2.75. The lowest BCUT2D eigenvalue weighted by Gasteiger charge is -2.09. The van der Waals surface area contributed by atoms with Gasteiger partial charge in [0, 0.05) is 12.1 Å². The lowest BCUT2D eigenvalue weighted by Crippen LogP contribution is -2.28. The molecule has 21 heavy (non-hydrogen) atoms. The summed E-state index contributed by atoms with van der Waals surface area (Å²) in [5.41, 5.74) is 5.63. The maximum absolute atomic E-state index is 11.8. The summed E-state index contributed by atoms with van der Waals surface area (Å²) in [7, 11) is 0. The van der Waals surface area contributed by atoms with Crippen molar-refractivity contribution in [1.29, 1.82) is 0 Å². The van der Waals surface area contributed by atoms with Crippen LogP contribution in [0.2, 0.25) is 0 Å². The third kappa shape index (κ3) is 3.79. The maximum Gasteiger partial charge on any atom is 0.314 e. The topological polar surface area (TPSA) is 121 Å². The number of aromatic nitrogens is 2. The Morgan fingerprint density at radius 2 is 1.90 bits per heavy atom. The van der Waals surface area contributed by atoms with Gasteiger partial charge < -0.3 is 21.0 Å². The molecule has 0 saturated heterocycles. The normalized spacial score (nSPS) is 12.3. The number of anilines is 1. The molecule has 0 bridgehead atoms. The molecular weight excluding hydrogens is 272 g/mol. The van der Waals surface area contributed by atoms with Crippen LogP contribution in [0.15, 0.2) is 27.8 Å². The molecule has 112 valence electrons. The van der Waals surface area contributed by atoms with Crippen LogP contribution in [0.1, 0.15) is 19.8 Å². The zero-order chi connectivity index (χ0) is 15.4. The minimum Gasteiger partial charge on any atom is -0.330 e. The van der Waals surface area contributed by atoms with Crippen molar-refractivity contribution in [2.45, 2.75) is 19.8 Å². The molecule has 0 radical (unpaired) electrons. The predicted molar refractivity (Wildman–Crippen MR) is 81.3 cm³/mol. The van der Waals surface area contributed by atoms with Crippen molar-refractivity contribution in [1.82, 2.24) is 9.97 Å². The third-order valence-corrected chi connectivity index (χ3v) is 3.27. The van der Waals surface area contributed by atoms with Gasteiger partial charge in [-0.25, -0.2) is 0 Å². The maximum atomic E-state index is 11.8. The molecule has 1 aromatic carbocycles. The van der Waals surface area contributed by atoms with Gasteiger partial charge in [0.05, 0.1) is 11.0 Å². The van der Waals surface area contributed by atoms with Crippen molar-refractivity contribution in [3.63, 3.8) is 0 Å². The van der Waals surface area contributed by atoms with E-state index < -0.39 is 11.1 Å². The van der Waals surface area contributed by atoms with E-state index in [9.17, 15) is 14.4 Å². The monoisotopic (exact) mass is 290 g/mol. The Hall–Kier alpha value is -2.41. The van der Waals surface area contributed by atoms with Crippen LogP contribution in [0.4, 0.5) is 5.69 Å². The van der Waals surface area contributed by atoms with Crippen molar-refractivity contribution in [3.8, 4) is 0 Å². The van der Waals surface area contributed by atoms with Crippen molar-refractivity contribution in [3.05, 3.63) is 38.9 Å². The Morgan fingerprint density at radius 1 is 1.24 bits per heavy atom. The molecule has 7 nitrogen and oxygen atoms in total. The zero-order valence-electron chi connectivity index (χ0n) is 11.7. The third-order valence-electron chi connectivity index (χ3n) is 3.27. The Balaban J connectivity index is 2.12. The fourth-order valence-corrected chi connectivity index (χ4v) is 1.91. The Bertz CT molecular complexity index is 763. The summed E-state index contributed by atoms with van der Waals surface area (Å²) in [5.74, 6) is 0.190. The number of hydrogen-bond acceptors (Lipinski definition) is 4. The fourth-order valence-electron chi connectivity index (χ4n) is 1.91. The molecule has 2 rings (SSSR count). The van der Waals surface area contributed by atoms with Crippen molar-refractivity contribution < 1.29 is 4.79 Å². The van der Waals surface area contributed by atoms with Crippen LogP contribution < -0.4 is 22.2 Å². The molecule has 5 N–H and O–H groups in total. The first-order chi connectivity index (χ1) is 9.99. The zero-order valence-corrected chi connectivity index (χ0v) is 11.7. The largest absolute Gasteiger partial charge is 0.330 e. The molecule has 0 fully saturated rings. The lowest BCUT2D eigenvalue weighted by molar-refractivity contribution is -0.116. The van der Waals surface area contributed by atoms with E-state index in [4.69, 9.17) is 5.73 Å². The molecule has 1 heterocycles. The van der Waals surface area contributed by atoms with Crippen molar-refractivity contribution >= 4 is 22.6 Å². The van der Waals surface area contributed by atoms with Gasteiger partial charge in [-0.3, -0.25) is 14.4 Å². The van der Waals surface area contributed by atoms with E-state index in [2.05, 4.69) is 15.3 Å². The van der Waals surface area contributed by atoms with Crippen LogP contribution >= 0.6 is 0 Å². The summed E-state index contributed by atoms with van der Waals surface area (Å²) >= 11 is 0. The van der Waals surface area contributed by atoms with Gasteiger partial charge in [0.15, 0.2) is 0 Å². The number of nitrogens with two attached hydrogens (primary N) is 1. The number of nitrogens with one attached hydrogen (secondary N) is 3. The van der Waals surface area contributed by atoms with E-state index in [-0.39, 0.29) is 5.91 Å². The number of hydrogen-bond donors (Lipinski definition) is 4. The second-order valence-corrected chi connectivity index (χ2v) is 5.10. The number of H-pyrrole nitrogens is 2. The number of carbonyl (C=O) groups is 1. The second kappa shape index (κ2) is 6.36. The number of aromatic amines is 2. The highest BCUT2D eigenvalue weighted by Gasteiger charge is 2.07. The second-order valence-electron chi connectivity index (χ2n) is 5.10. The molecule has 1 atom stereocenters. The average Bonchev–Trinajstić information content (AvgIpc) is 2.46. The summed E-state index contributed by atoms with van der Waals surface area (Å²) in [6.07, 6.45) is 1.11. The highest BCUT2D eigenvalue weighted by atomic mass is 16.2. The molecular formula is C14H18N4O3. The van der Waals surface area contributed by atoms with Gasteiger partial charge in [0.25, 0.3) is 0 Å². The Morgan fingerprint density at radius 3 is 2.57 bits per heavy atom. The van der Waals surface area contributed by atoms with E-state index >= 15 is 0 Å². The molecule has 1 amide bonds. The summed E-state index contributed by atoms with van der Waals surface area (Å²) in [4.78, 5) is 39.2. The number of fused-ring (bicyclic) bond motifs is 1. The quantitative estimate of drug-likeness (QED) is 0.600. The first-order valence-electron chi connectivity index (χ1n) is 6.76. The average molecular weight is 290 g/mol. The van der Waals surface area contributed by atoms with Gasteiger partial charge in [0.2, 0.25) is 5.91 Å². The first-order valence-corrected chi connectivity index (χ1v) is 6.76.